The lowest BCUT2D eigenvalue weighted by molar-refractivity contribution is -0.266. The molecular weight excluding hydrogens is 999 g/mol. The van der Waals surface area contributed by atoms with E-state index < -0.39 is 77.8 Å². The fourth-order valence-electron chi connectivity index (χ4n) is 12.1. The second-order valence-electron chi connectivity index (χ2n) is 23.6. The van der Waals surface area contributed by atoms with E-state index in [-0.39, 0.29) is 73.9 Å². The Morgan fingerprint density at radius 2 is 1.54 bits per heavy atom. The molecule has 2 N–H and O–H groups in total. The molecule has 1 aliphatic carbocycles. The van der Waals surface area contributed by atoms with E-state index in [1.54, 1.807) is 41.1 Å². The van der Waals surface area contributed by atoms with E-state index in [4.69, 9.17) is 33.2 Å². The Morgan fingerprint density at radius 3 is 2.24 bits per heavy atom. The topological polar surface area (TPSA) is 200 Å². The summed E-state index contributed by atoms with van der Waals surface area (Å²) in [6, 6.07) is -1.14. The number of piperidine rings is 1. The first-order chi connectivity index (χ1) is 37.2. The standard InChI is InChI=1S/C61H99N3O14/c1-40-18-13-12-14-19-41(2)52(76-33-32-72-9)38-48-23-21-46(7)61(71,78-48)58(68)59(69)64-26-16-15-20-49(64)60(70)77-53(39-50(65)42(3)35-45(6)56(67)57(74-11)55(66)44(5)34-40)43(4)36-47-22-24-51(54(37-47)73-10)75-31-17-25-63-29-27-62(8)28-30-63/h12-14,18-19,35,40,42-44,46-49,51-54,56-57,67,71H,15-17,20-34,36-39H2,1-11H3/b14-12?,18-13+,41-19?,45-35+/t40-,42-,43-,44-,46-,47+,48+,49+,51-,52+,53+,54-,56-,57+,61-/m1/s1. The van der Waals surface area contributed by atoms with Crippen LogP contribution >= 0.6 is 0 Å². The summed E-state index contributed by atoms with van der Waals surface area (Å²) in [5.41, 5.74) is 1.27. The lowest BCUT2D eigenvalue weighted by Crippen LogP contribution is -2.61. The highest BCUT2D eigenvalue weighted by Crippen LogP contribution is 2.38. The highest BCUT2D eigenvalue weighted by Gasteiger charge is 2.53. The largest absolute Gasteiger partial charge is 0.460 e. The van der Waals surface area contributed by atoms with Gasteiger partial charge in [0.25, 0.3) is 11.7 Å². The average molecular weight is 1100 g/mol. The van der Waals surface area contributed by atoms with Crippen LogP contribution < -0.4 is 0 Å². The maximum Gasteiger partial charge on any atom is 0.329 e. The molecule has 4 fully saturated rings. The first kappa shape index (κ1) is 65.3. The number of fused-ring (bicyclic) bond motifs is 3. The van der Waals surface area contributed by atoms with Gasteiger partial charge < -0.3 is 58.1 Å². The van der Waals surface area contributed by atoms with Gasteiger partial charge in [-0.1, -0.05) is 71.1 Å². The molecule has 1 saturated carbocycles. The van der Waals surface area contributed by atoms with Crippen molar-refractivity contribution in [1.82, 2.24) is 14.7 Å². The van der Waals surface area contributed by atoms with Gasteiger partial charge in [-0.2, -0.15) is 0 Å². The van der Waals surface area contributed by atoms with E-state index in [0.29, 0.717) is 57.3 Å². The summed E-state index contributed by atoms with van der Waals surface area (Å²) >= 11 is 0. The third-order valence-electron chi connectivity index (χ3n) is 17.3. The molecule has 3 saturated heterocycles. The number of esters is 1. The number of hydrogen-bond donors (Lipinski definition) is 2. The molecule has 78 heavy (non-hydrogen) atoms. The summed E-state index contributed by atoms with van der Waals surface area (Å²) in [6.45, 7) is 19.5. The van der Waals surface area contributed by atoms with Crippen LogP contribution in [-0.4, -0.2) is 196 Å². The quantitative estimate of drug-likeness (QED) is 0.0791. The number of amides is 1. The average Bonchev–Trinajstić information content (AvgIpc) is 3.46. The van der Waals surface area contributed by atoms with Gasteiger partial charge >= 0.3 is 5.97 Å². The van der Waals surface area contributed by atoms with Gasteiger partial charge in [0.2, 0.25) is 5.79 Å². The first-order valence-corrected chi connectivity index (χ1v) is 29.3. The Kier molecular flexibility index (Phi) is 27.0. The predicted octanol–water partition coefficient (Wildman–Crippen LogP) is 6.86. The fourth-order valence-corrected chi connectivity index (χ4v) is 12.1. The monoisotopic (exact) mass is 1100 g/mol. The number of rotatable bonds is 14. The van der Waals surface area contributed by atoms with Crippen LogP contribution in [0.3, 0.4) is 0 Å². The first-order valence-electron chi connectivity index (χ1n) is 29.3. The van der Waals surface area contributed by atoms with Crippen molar-refractivity contribution in [1.29, 1.82) is 0 Å². The van der Waals surface area contributed by atoms with Gasteiger partial charge in [-0.25, -0.2) is 4.79 Å². The highest BCUT2D eigenvalue weighted by atomic mass is 16.6. The molecule has 2 bridgehead atoms. The van der Waals surface area contributed by atoms with Gasteiger partial charge in [-0.05, 0) is 120 Å². The predicted molar refractivity (Wildman–Crippen MR) is 298 cm³/mol. The van der Waals surface area contributed by atoms with Crippen LogP contribution in [0.15, 0.2) is 47.6 Å². The van der Waals surface area contributed by atoms with E-state index in [1.807, 2.05) is 58.1 Å². The molecule has 1 amide bonds. The maximum absolute atomic E-state index is 14.7. The van der Waals surface area contributed by atoms with Crippen LogP contribution in [-0.2, 0) is 57.1 Å². The number of allylic oxidation sites excluding steroid dienone is 6. The number of cyclic esters (lactones) is 1. The van der Waals surface area contributed by atoms with Crippen LogP contribution in [0, 0.1) is 35.5 Å². The van der Waals surface area contributed by atoms with Gasteiger partial charge in [-0.15, -0.1) is 0 Å². The molecule has 17 nitrogen and oxygen atoms in total. The number of Topliss-reactive ketones (excluding diaryl/α,β-unsaturated/α-hetero) is 3. The number of methoxy groups -OCH3 is 3. The lowest BCUT2D eigenvalue weighted by atomic mass is 9.78. The molecular formula is C61H99N3O14. The number of hydrogen-bond acceptors (Lipinski definition) is 16. The minimum Gasteiger partial charge on any atom is -0.460 e. The van der Waals surface area contributed by atoms with Gasteiger partial charge in [0.05, 0.1) is 37.6 Å². The lowest BCUT2D eigenvalue weighted by Gasteiger charge is -2.43. The van der Waals surface area contributed by atoms with E-state index in [2.05, 4.69) is 16.8 Å². The smallest absolute Gasteiger partial charge is 0.329 e. The molecule has 0 aromatic rings. The maximum atomic E-state index is 14.7. The zero-order chi connectivity index (χ0) is 57.1. The molecule has 0 spiro atoms. The van der Waals surface area contributed by atoms with Crippen molar-refractivity contribution >= 4 is 29.2 Å². The molecule has 442 valence electrons. The SMILES string of the molecule is COCCO[C@H]1C[C@@H]2CC[C@@H](C)[C@@](O)(O2)C(=O)C(=O)N2CCCC[C@H]2C(=O)O[C@H]([C@H](C)C[C@@H]2CC[C@@H](OCCCN3CCN(C)CC3)[C@H](OC)C2)CC(=O)[C@H](C)/C=C(\C)[C@@H](O)[C@@H](OC)C(=O)[C@H](C)C[C@H](C)/C=C/C=CC=C1C. The number of ether oxygens (including phenoxy) is 7. The molecule has 0 aromatic carbocycles. The molecule has 5 aliphatic rings. The number of aliphatic hydroxyl groups excluding tert-OH is 1. The van der Waals surface area contributed by atoms with E-state index in [1.165, 1.54) is 12.0 Å². The zero-order valence-corrected chi connectivity index (χ0v) is 49.2. The Balaban J connectivity index is 1.41. The molecule has 15 atom stereocenters. The van der Waals surface area contributed by atoms with Crippen molar-refractivity contribution in [3.63, 3.8) is 0 Å². The number of aliphatic hydroxyl groups is 2. The van der Waals surface area contributed by atoms with Gasteiger partial charge in [0.15, 0.2) is 5.78 Å². The number of ketones is 3. The molecule has 0 radical (unpaired) electrons. The minimum absolute atomic E-state index is 0.00546. The summed E-state index contributed by atoms with van der Waals surface area (Å²) in [5, 5.41) is 23.8. The van der Waals surface area contributed by atoms with Crippen molar-refractivity contribution in [2.24, 2.45) is 35.5 Å². The van der Waals surface area contributed by atoms with E-state index >= 15 is 0 Å². The highest BCUT2D eigenvalue weighted by molar-refractivity contribution is 6.39. The number of nitrogens with zero attached hydrogens (tertiary/aromatic N) is 3. The van der Waals surface area contributed by atoms with Crippen molar-refractivity contribution in [3.8, 4) is 0 Å². The number of likely N-dealkylation sites (N-methyl/N-ethyl adjacent to an activating group) is 1. The Hall–Kier alpha value is -3.49. The van der Waals surface area contributed by atoms with Gasteiger partial charge in [0, 0.05) is 97.8 Å². The number of carbonyl (C=O) groups is 5. The molecule has 5 rings (SSSR count). The molecule has 4 aliphatic heterocycles. The molecule has 0 unspecified atom stereocenters. The number of piperazine rings is 1. The fraction of sp³-hybridized carbons (Fsp3) is 0.787. The summed E-state index contributed by atoms with van der Waals surface area (Å²) < 4.78 is 42.4. The Labute approximate surface area is 466 Å². The Bertz CT molecular complexity index is 2050. The van der Waals surface area contributed by atoms with Crippen molar-refractivity contribution in [2.75, 3.05) is 87.5 Å². The van der Waals surface area contributed by atoms with Gasteiger partial charge in [0.1, 0.15) is 30.1 Å². The van der Waals surface area contributed by atoms with Crippen molar-refractivity contribution < 1.29 is 67.3 Å². The van der Waals surface area contributed by atoms with Crippen LogP contribution in [0.5, 0.6) is 0 Å². The summed E-state index contributed by atoms with van der Waals surface area (Å²) in [5.74, 6) is -7.89. The van der Waals surface area contributed by atoms with Crippen LogP contribution in [0.25, 0.3) is 0 Å². The van der Waals surface area contributed by atoms with Crippen molar-refractivity contribution in [3.05, 3.63) is 47.6 Å². The second kappa shape index (κ2) is 32.2. The minimum atomic E-state index is -2.46. The summed E-state index contributed by atoms with van der Waals surface area (Å²) in [4.78, 5) is 78.0. The second-order valence-corrected chi connectivity index (χ2v) is 23.6. The van der Waals surface area contributed by atoms with Crippen LogP contribution in [0.1, 0.15) is 132 Å². The summed E-state index contributed by atoms with van der Waals surface area (Å²) in [7, 11) is 6.85. The normalized spacial score (nSPS) is 36.3. The third kappa shape index (κ3) is 18.8. The summed E-state index contributed by atoms with van der Waals surface area (Å²) in [6.07, 6.45) is 13.4. The molecule has 0 aromatic heterocycles. The zero-order valence-electron chi connectivity index (χ0n) is 49.2. The molecule has 4 heterocycles. The van der Waals surface area contributed by atoms with Gasteiger partial charge in [-0.3, -0.25) is 19.2 Å². The Morgan fingerprint density at radius 1 is 0.795 bits per heavy atom. The van der Waals surface area contributed by atoms with Crippen LogP contribution in [0.4, 0.5) is 0 Å². The molecule has 17 heteroatoms. The van der Waals surface area contributed by atoms with Crippen molar-refractivity contribution in [2.45, 2.75) is 186 Å². The third-order valence-corrected chi connectivity index (χ3v) is 17.3. The van der Waals surface area contributed by atoms with E-state index in [0.717, 1.165) is 64.0 Å². The van der Waals surface area contributed by atoms with Crippen LogP contribution in [0.2, 0.25) is 0 Å². The van der Waals surface area contributed by atoms with E-state index in [9.17, 15) is 34.2 Å². The number of carbonyl (C=O) groups excluding carboxylic acids is 5.